The van der Waals surface area contributed by atoms with Crippen molar-refractivity contribution in [1.29, 1.82) is 0 Å². The molecule has 0 amide bonds. The highest BCUT2D eigenvalue weighted by atomic mass is 15.2. The molecule has 0 saturated carbocycles. The number of aryl methyl sites for hydroxylation is 2. The van der Waals surface area contributed by atoms with Gasteiger partial charge in [0.15, 0.2) is 0 Å². The number of hydrogen-bond acceptors (Lipinski definition) is 3. The SMILES string of the molecule is Cc1cccc(CNc2nc3cnc(-c4ccccc4)cc3n2C)c1. The molecule has 0 radical (unpaired) electrons. The lowest BCUT2D eigenvalue weighted by Crippen LogP contribution is -2.05. The molecular formula is C21H20N4. The Hall–Kier alpha value is -3.14. The predicted octanol–water partition coefficient (Wildman–Crippen LogP) is 4.56. The maximum atomic E-state index is 4.67. The molecule has 2 heterocycles. The second kappa shape index (κ2) is 6.40. The minimum absolute atomic E-state index is 0.748. The van der Waals surface area contributed by atoms with Crippen molar-refractivity contribution < 1.29 is 0 Å². The molecule has 4 rings (SSSR count). The number of nitrogens with zero attached hydrogens (tertiary/aromatic N) is 3. The first-order valence-corrected chi connectivity index (χ1v) is 8.38. The van der Waals surface area contributed by atoms with Gasteiger partial charge in [0.2, 0.25) is 5.95 Å². The topological polar surface area (TPSA) is 42.7 Å². The summed E-state index contributed by atoms with van der Waals surface area (Å²) in [5.41, 5.74) is 6.55. The lowest BCUT2D eigenvalue weighted by atomic mass is 10.1. The van der Waals surface area contributed by atoms with Gasteiger partial charge in [-0.25, -0.2) is 4.98 Å². The maximum Gasteiger partial charge on any atom is 0.203 e. The van der Waals surface area contributed by atoms with Gasteiger partial charge in [-0.3, -0.25) is 4.98 Å². The Kier molecular flexibility index (Phi) is 3.94. The molecule has 1 N–H and O–H groups in total. The minimum Gasteiger partial charge on any atom is -0.352 e. The van der Waals surface area contributed by atoms with Crippen molar-refractivity contribution in [1.82, 2.24) is 14.5 Å². The number of imidazole rings is 1. The Labute approximate surface area is 147 Å². The summed E-state index contributed by atoms with van der Waals surface area (Å²) in [4.78, 5) is 9.23. The third-order valence-electron chi connectivity index (χ3n) is 4.37. The molecule has 0 fully saturated rings. The Morgan fingerprint density at radius 3 is 2.64 bits per heavy atom. The molecule has 124 valence electrons. The van der Waals surface area contributed by atoms with Crippen molar-refractivity contribution in [2.24, 2.45) is 7.05 Å². The normalized spacial score (nSPS) is 11.0. The van der Waals surface area contributed by atoms with Crippen LogP contribution in [0, 0.1) is 6.92 Å². The van der Waals surface area contributed by atoms with Crippen LogP contribution in [0.4, 0.5) is 5.95 Å². The van der Waals surface area contributed by atoms with E-state index in [-0.39, 0.29) is 0 Å². The van der Waals surface area contributed by atoms with E-state index in [1.807, 2.05) is 31.4 Å². The Balaban J connectivity index is 1.63. The van der Waals surface area contributed by atoms with Crippen LogP contribution in [0.15, 0.2) is 66.9 Å². The first-order chi connectivity index (χ1) is 12.2. The van der Waals surface area contributed by atoms with Gasteiger partial charge in [0, 0.05) is 19.2 Å². The zero-order valence-electron chi connectivity index (χ0n) is 14.4. The van der Waals surface area contributed by atoms with Gasteiger partial charge < -0.3 is 9.88 Å². The second-order valence-electron chi connectivity index (χ2n) is 6.26. The van der Waals surface area contributed by atoms with E-state index in [0.29, 0.717) is 0 Å². The highest BCUT2D eigenvalue weighted by molar-refractivity contribution is 5.81. The number of fused-ring (bicyclic) bond motifs is 1. The number of rotatable bonds is 4. The highest BCUT2D eigenvalue weighted by Gasteiger charge is 2.10. The van der Waals surface area contributed by atoms with E-state index in [0.717, 1.165) is 34.8 Å². The van der Waals surface area contributed by atoms with Crippen LogP contribution in [-0.2, 0) is 13.6 Å². The van der Waals surface area contributed by atoms with Crippen LogP contribution < -0.4 is 5.32 Å². The predicted molar refractivity (Wildman–Crippen MR) is 102 cm³/mol. The number of pyridine rings is 1. The fourth-order valence-electron chi connectivity index (χ4n) is 3.02. The van der Waals surface area contributed by atoms with Gasteiger partial charge in [-0.2, -0.15) is 0 Å². The molecule has 0 atom stereocenters. The van der Waals surface area contributed by atoms with Gasteiger partial charge in [-0.15, -0.1) is 0 Å². The van der Waals surface area contributed by atoms with E-state index in [1.54, 1.807) is 0 Å². The summed E-state index contributed by atoms with van der Waals surface area (Å²) in [5.74, 6) is 0.850. The van der Waals surface area contributed by atoms with Gasteiger partial charge in [-0.05, 0) is 18.6 Å². The molecule has 4 heteroatoms. The average Bonchev–Trinajstić information content (AvgIpc) is 2.96. The van der Waals surface area contributed by atoms with Crippen LogP contribution in [0.2, 0.25) is 0 Å². The van der Waals surface area contributed by atoms with Crippen LogP contribution in [0.1, 0.15) is 11.1 Å². The van der Waals surface area contributed by atoms with Crippen LogP contribution in [-0.4, -0.2) is 14.5 Å². The molecule has 0 aliphatic rings. The zero-order chi connectivity index (χ0) is 17.2. The molecule has 25 heavy (non-hydrogen) atoms. The van der Waals surface area contributed by atoms with Crippen molar-refractivity contribution in [3.8, 4) is 11.3 Å². The first kappa shape index (κ1) is 15.4. The summed E-state index contributed by atoms with van der Waals surface area (Å²) in [7, 11) is 2.03. The number of anilines is 1. The van der Waals surface area contributed by atoms with Crippen molar-refractivity contribution in [2.75, 3.05) is 5.32 Å². The molecule has 0 aliphatic carbocycles. The Morgan fingerprint density at radius 1 is 1.00 bits per heavy atom. The summed E-state index contributed by atoms with van der Waals surface area (Å²) >= 11 is 0. The van der Waals surface area contributed by atoms with Gasteiger partial charge in [0.05, 0.1) is 17.4 Å². The number of hydrogen-bond donors (Lipinski definition) is 1. The molecule has 2 aromatic heterocycles. The molecular weight excluding hydrogens is 308 g/mol. The molecule has 0 unspecified atom stereocenters. The van der Waals surface area contributed by atoms with Crippen molar-refractivity contribution in [2.45, 2.75) is 13.5 Å². The van der Waals surface area contributed by atoms with Crippen molar-refractivity contribution in [3.63, 3.8) is 0 Å². The van der Waals surface area contributed by atoms with Gasteiger partial charge in [0.1, 0.15) is 5.52 Å². The maximum absolute atomic E-state index is 4.67. The van der Waals surface area contributed by atoms with Crippen LogP contribution in [0.3, 0.4) is 0 Å². The fraction of sp³-hybridized carbons (Fsp3) is 0.143. The molecule has 0 bridgehead atoms. The summed E-state index contributed by atoms with van der Waals surface area (Å²) in [6, 6.07) is 20.8. The van der Waals surface area contributed by atoms with Gasteiger partial charge >= 0.3 is 0 Å². The van der Waals surface area contributed by atoms with Crippen molar-refractivity contribution >= 4 is 17.0 Å². The lowest BCUT2D eigenvalue weighted by molar-refractivity contribution is 0.927. The summed E-state index contributed by atoms with van der Waals surface area (Å²) in [6.07, 6.45) is 1.84. The molecule has 4 nitrogen and oxygen atoms in total. The molecule has 4 aromatic rings. The fourth-order valence-corrected chi connectivity index (χ4v) is 3.02. The molecule has 0 saturated heterocycles. The molecule has 0 spiro atoms. The van der Waals surface area contributed by atoms with E-state index in [4.69, 9.17) is 0 Å². The summed E-state index contributed by atoms with van der Waals surface area (Å²) in [5, 5.41) is 3.43. The third-order valence-corrected chi connectivity index (χ3v) is 4.37. The number of benzene rings is 2. The average molecular weight is 328 g/mol. The quantitative estimate of drug-likeness (QED) is 0.597. The summed E-state index contributed by atoms with van der Waals surface area (Å²) in [6.45, 7) is 2.85. The van der Waals surface area contributed by atoms with E-state index < -0.39 is 0 Å². The van der Waals surface area contributed by atoms with Crippen LogP contribution in [0.5, 0.6) is 0 Å². The second-order valence-corrected chi connectivity index (χ2v) is 6.26. The van der Waals surface area contributed by atoms with Gasteiger partial charge in [-0.1, -0.05) is 60.2 Å². The lowest BCUT2D eigenvalue weighted by Gasteiger charge is -2.07. The van der Waals surface area contributed by atoms with Crippen molar-refractivity contribution in [3.05, 3.63) is 78.0 Å². The smallest absolute Gasteiger partial charge is 0.203 e. The third kappa shape index (κ3) is 3.11. The molecule has 0 aliphatic heterocycles. The standard InChI is InChI=1S/C21H20N4/c1-15-7-6-8-16(11-15)13-23-21-24-19-14-22-18(12-20(19)25(21)2)17-9-4-3-5-10-17/h3-12,14H,13H2,1-2H3,(H,23,24). The Morgan fingerprint density at radius 2 is 1.84 bits per heavy atom. The molecule has 2 aromatic carbocycles. The Bertz CT molecular complexity index is 1020. The van der Waals surface area contributed by atoms with E-state index in [1.165, 1.54) is 11.1 Å². The highest BCUT2D eigenvalue weighted by Crippen LogP contribution is 2.24. The monoisotopic (exact) mass is 328 g/mol. The van der Waals surface area contributed by atoms with E-state index >= 15 is 0 Å². The largest absolute Gasteiger partial charge is 0.352 e. The minimum atomic E-state index is 0.748. The van der Waals surface area contributed by atoms with Crippen LogP contribution in [0.25, 0.3) is 22.3 Å². The van der Waals surface area contributed by atoms with Crippen LogP contribution >= 0.6 is 0 Å². The zero-order valence-corrected chi connectivity index (χ0v) is 14.4. The van der Waals surface area contributed by atoms with E-state index in [2.05, 4.69) is 69.2 Å². The van der Waals surface area contributed by atoms with E-state index in [9.17, 15) is 0 Å². The van der Waals surface area contributed by atoms with Gasteiger partial charge in [0.25, 0.3) is 0 Å². The number of aromatic nitrogens is 3. The number of nitrogens with one attached hydrogen (secondary N) is 1. The summed E-state index contributed by atoms with van der Waals surface area (Å²) < 4.78 is 2.08. The first-order valence-electron chi connectivity index (χ1n) is 8.38.